The summed E-state index contributed by atoms with van der Waals surface area (Å²) in [7, 11) is 0. The van der Waals surface area contributed by atoms with Crippen LogP contribution in [0.3, 0.4) is 0 Å². The molecule has 0 spiro atoms. The number of rotatable bonds is 1. The largest absolute Gasteiger partial charge is 0.323 e. The van der Waals surface area contributed by atoms with Gasteiger partial charge in [0.05, 0.1) is 16.3 Å². The monoisotopic (exact) mass is 370 g/mol. The van der Waals surface area contributed by atoms with Gasteiger partial charge < -0.3 is 5.32 Å². The average molecular weight is 371 g/mol. The van der Waals surface area contributed by atoms with E-state index in [1.165, 1.54) is 0 Å². The zero-order chi connectivity index (χ0) is 15.1. The van der Waals surface area contributed by atoms with Gasteiger partial charge in [-0.1, -0.05) is 46.3 Å². The molecule has 0 saturated heterocycles. The summed E-state index contributed by atoms with van der Waals surface area (Å²) in [4.78, 5) is 17.6. The highest BCUT2D eigenvalue weighted by Gasteiger charge is 2.22. The molecule has 22 heavy (non-hydrogen) atoms. The number of amides is 1. The molecule has 1 aromatic heterocycles. The number of hydrogen-bond acceptors (Lipinski definition) is 3. The van der Waals surface area contributed by atoms with Crippen LogP contribution in [0.1, 0.15) is 10.4 Å². The molecule has 0 saturated carbocycles. The molecule has 3 nitrogen and oxygen atoms in total. The molecule has 2 heterocycles. The predicted octanol–water partition coefficient (Wildman–Crippen LogP) is 4.45. The van der Waals surface area contributed by atoms with Gasteiger partial charge in [-0.25, -0.2) is 0 Å². The number of hydrogen-bond donors (Lipinski definition) is 1. The molecule has 0 atom stereocenters. The second-order valence-corrected chi connectivity index (χ2v) is 6.99. The number of carbonyl (C=O) groups excluding carboxylic acids is 1. The average Bonchev–Trinajstić information content (AvgIpc) is 2.78. The van der Waals surface area contributed by atoms with Gasteiger partial charge in [-0.2, -0.15) is 0 Å². The van der Waals surface area contributed by atoms with Gasteiger partial charge in [-0.05, 0) is 18.2 Å². The van der Waals surface area contributed by atoms with Crippen molar-refractivity contribution in [2.24, 2.45) is 4.99 Å². The number of thiophene rings is 1. The van der Waals surface area contributed by atoms with E-state index in [9.17, 15) is 4.79 Å². The van der Waals surface area contributed by atoms with Crippen molar-refractivity contribution in [3.8, 4) is 0 Å². The van der Waals surface area contributed by atoms with Gasteiger partial charge in [0.2, 0.25) is 5.91 Å². The minimum Gasteiger partial charge on any atom is -0.323 e. The van der Waals surface area contributed by atoms with Crippen LogP contribution in [0.15, 0.2) is 58.0 Å². The van der Waals surface area contributed by atoms with E-state index in [4.69, 9.17) is 0 Å². The zero-order valence-electron chi connectivity index (χ0n) is 11.5. The lowest BCUT2D eigenvalue weighted by atomic mass is 10.1. The quantitative estimate of drug-likeness (QED) is 0.675. The van der Waals surface area contributed by atoms with Crippen LogP contribution in [0.2, 0.25) is 0 Å². The number of nitrogens with one attached hydrogen (secondary N) is 1. The van der Waals surface area contributed by atoms with Crippen LogP contribution in [0.25, 0.3) is 10.1 Å². The Morgan fingerprint density at radius 2 is 2.00 bits per heavy atom. The molecular formula is C17H11BrN2OS. The molecular weight excluding hydrogens is 360 g/mol. The van der Waals surface area contributed by atoms with Crippen LogP contribution in [-0.2, 0) is 4.79 Å². The Hall–Kier alpha value is -1.98. The molecule has 3 aromatic rings. The fraction of sp³-hybridized carbons (Fsp3) is 0.0588. The summed E-state index contributed by atoms with van der Waals surface area (Å²) in [6.07, 6.45) is 0. The third-order valence-electron chi connectivity index (χ3n) is 3.55. The Kier molecular flexibility index (Phi) is 3.32. The standard InChI is InChI=1S/C17H11BrN2OS/c18-11-5-3-4-10(8-11)15-17-16(20-14(21)9-19-15)12-6-1-2-7-13(12)22-17/h1-8H,9H2,(H,20,21). The smallest absolute Gasteiger partial charge is 0.246 e. The third kappa shape index (κ3) is 2.26. The Morgan fingerprint density at radius 3 is 2.86 bits per heavy atom. The highest BCUT2D eigenvalue weighted by atomic mass is 79.9. The Bertz CT molecular complexity index is 929. The number of aliphatic imine (C=N–C) groups is 1. The van der Waals surface area contributed by atoms with Crippen molar-refractivity contribution < 1.29 is 4.79 Å². The van der Waals surface area contributed by atoms with Crippen LogP contribution in [0.4, 0.5) is 5.69 Å². The van der Waals surface area contributed by atoms with E-state index in [0.717, 1.165) is 36.4 Å². The molecule has 1 aliphatic heterocycles. The summed E-state index contributed by atoms with van der Waals surface area (Å²) in [5.41, 5.74) is 2.76. The maximum absolute atomic E-state index is 12.0. The van der Waals surface area contributed by atoms with Crippen LogP contribution < -0.4 is 5.32 Å². The highest BCUT2D eigenvalue weighted by molar-refractivity contribution is 9.10. The normalized spacial score (nSPS) is 14.2. The number of carbonyl (C=O) groups is 1. The first-order valence-electron chi connectivity index (χ1n) is 6.84. The zero-order valence-corrected chi connectivity index (χ0v) is 13.9. The van der Waals surface area contributed by atoms with Crippen molar-refractivity contribution in [2.75, 3.05) is 11.9 Å². The van der Waals surface area contributed by atoms with Gasteiger partial charge in [0.15, 0.2) is 0 Å². The van der Waals surface area contributed by atoms with Crippen LogP contribution in [0.5, 0.6) is 0 Å². The van der Waals surface area contributed by atoms with E-state index in [2.05, 4.69) is 32.3 Å². The summed E-state index contributed by atoms with van der Waals surface area (Å²) in [5, 5.41) is 4.07. The SMILES string of the molecule is O=C1CN=C(c2cccc(Br)c2)c2sc3ccccc3c2N1. The van der Waals surface area contributed by atoms with Gasteiger partial charge in [0.1, 0.15) is 6.54 Å². The Morgan fingerprint density at radius 1 is 1.14 bits per heavy atom. The fourth-order valence-corrected chi connectivity index (χ4v) is 4.18. The molecule has 0 bridgehead atoms. The lowest BCUT2D eigenvalue weighted by Gasteiger charge is -2.05. The second kappa shape index (κ2) is 5.34. The van der Waals surface area contributed by atoms with Crippen molar-refractivity contribution in [2.45, 2.75) is 0 Å². The summed E-state index contributed by atoms with van der Waals surface area (Å²) in [6, 6.07) is 16.1. The Labute approximate surface area is 139 Å². The lowest BCUT2D eigenvalue weighted by Crippen LogP contribution is -2.13. The first kappa shape index (κ1) is 13.7. The molecule has 108 valence electrons. The molecule has 4 rings (SSSR count). The third-order valence-corrected chi connectivity index (χ3v) is 5.22. The minimum absolute atomic E-state index is 0.0743. The lowest BCUT2D eigenvalue weighted by molar-refractivity contribution is -0.114. The van der Waals surface area contributed by atoms with Crippen molar-refractivity contribution in [1.82, 2.24) is 0 Å². The molecule has 1 amide bonds. The first-order valence-corrected chi connectivity index (χ1v) is 8.45. The van der Waals surface area contributed by atoms with Gasteiger partial charge in [-0.15, -0.1) is 11.3 Å². The van der Waals surface area contributed by atoms with E-state index in [1.54, 1.807) is 11.3 Å². The number of halogens is 1. The number of nitrogens with zero attached hydrogens (tertiary/aromatic N) is 1. The minimum atomic E-state index is -0.0743. The van der Waals surface area contributed by atoms with Crippen LogP contribution in [-0.4, -0.2) is 18.2 Å². The molecule has 0 radical (unpaired) electrons. The summed E-state index contributed by atoms with van der Waals surface area (Å²) in [5.74, 6) is -0.0743. The molecule has 1 aliphatic rings. The second-order valence-electron chi connectivity index (χ2n) is 5.03. The predicted molar refractivity (Wildman–Crippen MR) is 95.1 cm³/mol. The molecule has 2 aromatic carbocycles. The number of anilines is 1. The molecule has 0 fully saturated rings. The molecule has 1 N–H and O–H groups in total. The van der Waals surface area contributed by atoms with E-state index in [-0.39, 0.29) is 12.5 Å². The van der Waals surface area contributed by atoms with E-state index >= 15 is 0 Å². The summed E-state index contributed by atoms with van der Waals surface area (Å²) in [6.45, 7) is 0.150. The summed E-state index contributed by atoms with van der Waals surface area (Å²) < 4.78 is 2.15. The summed E-state index contributed by atoms with van der Waals surface area (Å²) >= 11 is 5.16. The van der Waals surface area contributed by atoms with Crippen LogP contribution in [0, 0.1) is 0 Å². The van der Waals surface area contributed by atoms with Crippen molar-refractivity contribution in [1.29, 1.82) is 0 Å². The van der Waals surface area contributed by atoms with Gasteiger partial charge in [0.25, 0.3) is 0 Å². The number of fused-ring (bicyclic) bond motifs is 3. The topological polar surface area (TPSA) is 41.5 Å². The van der Waals surface area contributed by atoms with Crippen molar-refractivity contribution in [3.63, 3.8) is 0 Å². The molecule has 5 heteroatoms. The van der Waals surface area contributed by atoms with E-state index in [1.807, 2.05) is 42.5 Å². The van der Waals surface area contributed by atoms with Gasteiger partial charge >= 0.3 is 0 Å². The maximum Gasteiger partial charge on any atom is 0.246 e. The number of benzene rings is 2. The van der Waals surface area contributed by atoms with Gasteiger partial charge in [0, 0.05) is 20.1 Å². The van der Waals surface area contributed by atoms with Crippen molar-refractivity contribution >= 4 is 54.7 Å². The van der Waals surface area contributed by atoms with E-state index < -0.39 is 0 Å². The molecule has 0 aliphatic carbocycles. The van der Waals surface area contributed by atoms with Gasteiger partial charge in [-0.3, -0.25) is 9.79 Å². The van der Waals surface area contributed by atoms with E-state index in [0.29, 0.717) is 0 Å². The van der Waals surface area contributed by atoms with Crippen molar-refractivity contribution in [3.05, 3.63) is 63.4 Å². The molecule has 0 unspecified atom stereocenters. The Balaban J connectivity index is 1.99. The fourth-order valence-electron chi connectivity index (χ4n) is 2.60. The maximum atomic E-state index is 12.0. The first-order chi connectivity index (χ1) is 10.7. The van der Waals surface area contributed by atoms with Crippen LogP contribution >= 0.6 is 27.3 Å². The highest BCUT2D eigenvalue weighted by Crippen LogP contribution is 2.38.